The van der Waals surface area contributed by atoms with Crippen LogP contribution in [0.15, 0.2) is 18.2 Å². The molecule has 0 atom stereocenters. The zero-order chi connectivity index (χ0) is 14.8. The van der Waals surface area contributed by atoms with Gasteiger partial charge in [0, 0.05) is 6.54 Å². The number of carboxylic acid groups (broad SMARTS) is 2. The molecule has 20 heavy (non-hydrogen) atoms. The standard InChI is InChI=1S/C14H19NO4.Na.H/c1-14(2,3)9-4-5-10(8(6-9)7-15)11(12(16)17)13(18)19;;/h4-6,11H,7,15H2,1-3H3,(H,16,17)(H,18,19);;. The fourth-order valence-corrected chi connectivity index (χ4v) is 1.90. The van der Waals surface area contributed by atoms with Crippen molar-refractivity contribution in [2.45, 2.75) is 38.6 Å². The van der Waals surface area contributed by atoms with Gasteiger partial charge < -0.3 is 15.9 Å². The Balaban J connectivity index is 0.00000361. The number of hydrogen-bond donors (Lipinski definition) is 3. The van der Waals surface area contributed by atoms with Crippen molar-refractivity contribution >= 4 is 41.5 Å². The second kappa shape index (κ2) is 7.22. The maximum atomic E-state index is 11.1. The average molecular weight is 289 g/mol. The molecule has 0 spiro atoms. The van der Waals surface area contributed by atoms with Crippen LogP contribution in [0.1, 0.15) is 43.4 Å². The van der Waals surface area contributed by atoms with Gasteiger partial charge in [-0.15, -0.1) is 0 Å². The summed E-state index contributed by atoms with van der Waals surface area (Å²) in [6, 6.07) is 5.09. The number of carbonyl (C=O) groups is 2. The molecule has 0 unspecified atom stereocenters. The number of carboxylic acids is 2. The van der Waals surface area contributed by atoms with Crippen LogP contribution in [-0.4, -0.2) is 51.7 Å². The van der Waals surface area contributed by atoms with E-state index in [9.17, 15) is 9.59 Å². The van der Waals surface area contributed by atoms with E-state index in [4.69, 9.17) is 15.9 Å². The Hall–Kier alpha value is -0.880. The van der Waals surface area contributed by atoms with Crippen molar-refractivity contribution < 1.29 is 19.8 Å². The van der Waals surface area contributed by atoms with Crippen LogP contribution < -0.4 is 5.73 Å². The van der Waals surface area contributed by atoms with Gasteiger partial charge in [0.2, 0.25) is 0 Å². The topological polar surface area (TPSA) is 101 Å². The third-order valence-corrected chi connectivity index (χ3v) is 3.03. The molecule has 106 valence electrons. The summed E-state index contributed by atoms with van der Waals surface area (Å²) in [6.45, 7) is 6.17. The fraction of sp³-hybridized carbons (Fsp3) is 0.429. The summed E-state index contributed by atoms with van der Waals surface area (Å²) in [5, 5.41) is 18.0. The summed E-state index contributed by atoms with van der Waals surface area (Å²) in [5.74, 6) is -4.34. The van der Waals surface area contributed by atoms with Crippen molar-refractivity contribution in [3.05, 3.63) is 34.9 Å². The first-order valence-corrected chi connectivity index (χ1v) is 5.97. The third kappa shape index (κ3) is 4.31. The summed E-state index contributed by atoms with van der Waals surface area (Å²) >= 11 is 0. The Kier molecular flexibility index (Phi) is 6.90. The summed E-state index contributed by atoms with van der Waals surface area (Å²) in [4.78, 5) is 22.1. The number of hydrogen-bond acceptors (Lipinski definition) is 3. The summed E-state index contributed by atoms with van der Waals surface area (Å²) in [5.41, 5.74) is 7.30. The second-order valence-corrected chi connectivity index (χ2v) is 5.48. The van der Waals surface area contributed by atoms with Crippen molar-refractivity contribution in [1.82, 2.24) is 0 Å². The van der Waals surface area contributed by atoms with E-state index in [-0.39, 0.29) is 47.1 Å². The van der Waals surface area contributed by atoms with Crippen molar-refractivity contribution in [3.63, 3.8) is 0 Å². The molecule has 4 N–H and O–H groups in total. The van der Waals surface area contributed by atoms with Crippen molar-refractivity contribution in [3.8, 4) is 0 Å². The van der Waals surface area contributed by atoms with Gasteiger partial charge in [-0.05, 0) is 22.1 Å². The molecule has 1 aromatic rings. The number of rotatable bonds is 4. The maximum absolute atomic E-state index is 11.1. The summed E-state index contributed by atoms with van der Waals surface area (Å²) in [6.07, 6.45) is 0. The predicted octanol–water partition coefficient (Wildman–Crippen LogP) is 1.05. The van der Waals surface area contributed by atoms with Gasteiger partial charge in [0.15, 0.2) is 5.92 Å². The summed E-state index contributed by atoms with van der Waals surface area (Å²) in [7, 11) is 0. The second-order valence-electron chi connectivity index (χ2n) is 5.48. The zero-order valence-electron chi connectivity index (χ0n) is 11.3. The Morgan fingerprint density at radius 1 is 1.20 bits per heavy atom. The molecule has 0 heterocycles. The molecule has 0 saturated heterocycles. The van der Waals surface area contributed by atoms with Gasteiger partial charge in [-0.3, -0.25) is 9.59 Å². The quantitative estimate of drug-likeness (QED) is 0.568. The molecular formula is C14H20NNaO4. The van der Waals surface area contributed by atoms with Gasteiger partial charge in [-0.25, -0.2) is 0 Å². The van der Waals surface area contributed by atoms with Gasteiger partial charge in [0.05, 0.1) is 0 Å². The van der Waals surface area contributed by atoms with Crippen LogP contribution in [0, 0.1) is 0 Å². The third-order valence-electron chi connectivity index (χ3n) is 3.03. The van der Waals surface area contributed by atoms with Crippen LogP contribution in [0.4, 0.5) is 0 Å². The monoisotopic (exact) mass is 289 g/mol. The van der Waals surface area contributed by atoms with Crippen LogP contribution in [0.2, 0.25) is 0 Å². The molecule has 0 bridgehead atoms. The SMILES string of the molecule is CC(C)(C)c1ccc(C(C(=O)O)C(=O)O)c(CN)c1.[NaH]. The van der Waals surface area contributed by atoms with Crippen LogP contribution in [0.3, 0.4) is 0 Å². The molecule has 0 aromatic heterocycles. The molecule has 1 rings (SSSR count). The zero-order valence-corrected chi connectivity index (χ0v) is 11.3. The molecule has 1 aromatic carbocycles. The van der Waals surface area contributed by atoms with E-state index in [1.807, 2.05) is 20.8 Å². The molecule has 0 saturated carbocycles. The predicted molar refractivity (Wildman–Crippen MR) is 78.2 cm³/mol. The Morgan fingerprint density at radius 2 is 1.70 bits per heavy atom. The van der Waals surface area contributed by atoms with Crippen LogP contribution in [0.5, 0.6) is 0 Å². The minimum absolute atomic E-state index is 0. The molecule has 6 heteroatoms. The first kappa shape index (κ1) is 19.1. The first-order chi connectivity index (χ1) is 8.68. The molecule has 0 aliphatic heterocycles. The van der Waals surface area contributed by atoms with E-state index in [1.165, 1.54) is 0 Å². The molecular weight excluding hydrogens is 269 g/mol. The first-order valence-electron chi connectivity index (χ1n) is 5.97. The molecule has 0 aliphatic carbocycles. The molecule has 5 nitrogen and oxygen atoms in total. The molecule has 0 amide bonds. The normalized spacial score (nSPS) is 11.1. The van der Waals surface area contributed by atoms with E-state index < -0.39 is 17.9 Å². The van der Waals surface area contributed by atoms with Gasteiger partial charge in [0.1, 0.15) is 0 Å². The Bertz CT molecular complexity index is 494. The van der Waals surface area contributed by atoms with Gasteiger partial charge in [-0.1, -0.05) is 39.0 Å². The van der Waals surface area contributed by atoms with Crippen LogP contribution >= 0.6 is 0 Å². The van der Waals surface area contributed by atoms with E-state index in [0.29, 0.717) is 5.56 Å². The molecule has 0 aliphatic rings. The van der Waals surface area contributed by atoms with Crippen molar-refractivity contribution in [1.29, 1.82) is 0 Å². The van der Waals surface area contributed by atoms with Crippen molar-refractivity contribution in [2.75, 3.05) is 0 Å². The fourth-order valence-electron chi connectivity index (χ4n) is 1.90. The van der Waals surface area contributed by atoms with E-state index in [0.717, 1.165) is 5.56 Å². The van der Waals surface area contributed by atoms with Crippen molar-refractivity contribution in [2.24, 2.45) is 5.73 Å². The average Bonchev–Trinajstić information content (AvgIpc) is 2.27. The molecule has 0 fully saturated rings. The number of aliphatic carboxylic acids is 2. The van der Waals surface area contributed by atoms with Gasteiger partial charge >= 0.3 is 41.5 Å². The van der Waals surface area contributed by atoms with E-state index in [2.05, 4.69) is 0 Å². The van der Waals surface area contributed by atoms with Gasteiger partial charge in [-0.2, -0.15) is 0 Å². The van der Waals surface area contributed by atoms with E-state index >= 15 is 0 Å². The Morgan fingerprint density at radius 3 is 2.05 bits per heavy atom. The number of benzene rings is 1. The van der Waals surface area contributed by atoms with Gasteiger partial charge in [0.25, 0.3) is 0 Å². The summed E-state index contributed by atoms with van der Waals surface area (Å²) < 4.78 is 0. The van der Waals surface area contributed by atoms with E-state index in [1.54, 1.807) is 18.2 Å². The Labute approximate surface area is 140 Å². The molecule has 0 radical (unpaired) electrons. The number of nitrogens with two attached hydrogens (primary N) is 1. The van der Waals surface area contributed by atoms with Crippen LogP contribution in [0.25, 0.3) is 0 Å². The van der Waals surface area contributed by atoms with Crippen LogP contribution in [-0.2, 0) is 21.5 Å². The minimum atomic E-state index is -1.58.